The van der Waals surface area contributed by atoms with E-state index in [-0.39, 0.29) is 11.8 Å². The number of thiophene rings is 1. The first-order valence-corrected chi connectivity index (χ1v) is 9.81. The Morgan fingerprint density at radius 3 is 2.41 bits per heavy atom. The van der Waals surface area contributed by atoms with E-state index >= 15 is 0 Å². The van der Waals surface area contributed by atoms with Gasteiger partial charge in [0.15, 0.2) is 5.69 Å². The molecule has 27 heavy (non-hydrogen) atoms. The van der Waals surface area contributed by atoms with Crippen molar-refractivity contribution in [1.82, 2.24) is 20.0 Å². The van der Waals surface area contributed by atoms with E-state index in [1.54, 1.807) is 51.5 Å². The predicted molar refractivity (Wildman–Crippen MR) is 105 cm³/mol. The SMILES string of the molecule is O=C(c1cccc(Cl)c1)N1CCN(C(=O)c2cc(-c3cccs3)[nH]n2)CC1. The van der Waals surface area contributed by atoms with Gasteiger partial charge in [-0.3, -0.25) is 14.7 Å². The minimum absolute atomic E-state index is 0.0654. The largest absolute Gasteiger partial charge is 0.335 e. The summed E-state index contributed by atoms with van der Waals surface area (Å²) in [4.78, 5) is 29.8. The minimum atomic E-state index is -0.121. The van der Waals surface area contributed by atoms with Gasteiger partial charge < -0.3 is 9.80 Å². The van der Waals surface area contributed by atoms with Crippen LogP contribution in [0.1, 0.15) is 20.8 Å². The summed E-state index contributed by atoms with van der Waals surface area (Å²) in [6.45, 7) is 1.93. The molecule has 1 N–H and O–H groups in total. The molecular formula is C19H17ClN4O2S. The van der Waals surface area contributed by atoms with Crippen LogP contribution in [0.15, 0.2) is 47.8 Å². The van der Waals surface area contributed by atoms with Crippen LogP contribution in [0.2, 0.25) is 5.02 Å². The first-order valence-electron chi connectivity index (χ1n) is 8.55. The summed E-state index contributed by atoms with van der Waals surface area (Å²) in [5.74, 6) is -0.187. The zero-order valence-corrected chi connectivity index (χ0v) is 16.0. The lowest BCUT2D eigenvalue weighted by Gasteiger charge is -2.34. The van der Waals surface area contributed by atoms with Crippen LogP contribution >= 0.6 is 22.9 Å². The highest BCUT2D eigenvalue weighted by Crippen LogP contribution is 2.23. The van der Waals surface area contributed by atoms with Crippen LogP contribution in [-0.2, 0) is 0 Å². The average molecular weight is 401 g/mol. The van der Waals surface area contributed by atoms with Crippen molar-refractivity contribution >= 4 is 34.8 Å². The average Bonchev–Trinajstić information content (AvgIpc) is 3.38. The maximum atomic E-state index is 12.7. The van der Waals surface area contributed by atoms with Gasteiger partial charge in [0.05, 0.1) is 10.6 Å². The number of carbonyl (C=O) groups is 2. The lowest BCUT2D eigenvalue weighted by atomic mass is 10.1. The third kappa shape index (κ3) is 3.74. The molecule has 2 amide bonds. The maximum Gasteiger partial charge on any atom is 0.274 e. The second-order valence-corrected chi connectivity index (χ2v) is 7.62. The molecule has 3 aromatic rings. The first-order chi connectivity index (χ1) is 13.1. The molecule has 0 atom stereocenters. The quantitative estimate of drug-likeness (QED) is 0.732. The van der Waals surface area contributed by atoms with Gasteiger partial charge >= 0.3 is 0 Å². The van der Waals surface area contributed by atoms with Gasteiger partial charge in [-0.25, -0.2) is 0 Å². The van der Waals surface area contributed by atoms with Crippen molar-refractivity contribution in [2.45, 2.75) is 0 Å². The fourth-order valence-corrected chi connectivity index (χ4v) is 3.95. The van der Waals surface area contributed by atoms with Crippen LogP contribution in [0, 0.1) is 0 Å². The molecule has 0 bridgehead atoms. The monoisotopic (exact) mass is 400 g/mol. The molecule has 8 heteroatoms. The Kier molecular flexibility index (Phi) is 4.96. The lowest BCUT2D eigenvalue weighted by molar-refractivity contribution is 0.0532. The van der Waals surface area contributed by atoms with Crippen molar-refractivity contribution in [3.8, 4) is 10.6 Å². The van der Waals surface area contributed by atoms with Gasteiger partial charge in [-0.1, -0.05) is 23.7 Å². The lowest BCUT2D eigenvalue weighted by Crippen LogP contribution is -2.50. The van der Waals surface area contributed by atoms with E-state index in [9.17, 15) is 9.59 Å². The van der Waals surface area contributed by atoms with Gasteiger partial charge in [-0.05, 0) is 35.7 Å². The third-order valence-corrected chi connectivity index (χ3v) is 5.65. The predicted octanol–water partition coefficient (Wildman–Crippen LogP) is 3.39. The fraction of sp³-hybridized carbons (Fsp3) is 0.211. The zero-order chi connectivity index (χ0) is 18.8. The van der Waals surface area contributed by atoms with Gasteiger partial charge in [0.1, 0.15) is 0 Å². The fourth-order valence-electron chi connectivity index (χ4n) is 3.07. The number of amides is 2. The molecule has 4 rings (SSSR count). The first kappa shape index (κ1) is 17.8. The number of H-pyrrole nitrogens is 1. The Morgan fingerprint density at radius 1 is 1.00 bits per heavy atom. The molecule has 1 saturated heterocycles. The van der Waals surface area contributed by atoms with Crippen LogP contribution in [-0.4, -0.2) is 58.0 Å². The van der Waals surface area contributed by atoms with Crippen LogP contribution in [0.25, 0.3) is 10.6 Å². The van der Waals surface area contributed by atoms with Crippen molar-refractivity contribution in [2.75, 3.05) is 26.2 Å². The summed E-state index contributed by atoms with van der Waals surface area (Å²) in [5, 5.41) is 9.59. The van der Waals surface area contributed by atoms with E-state index in [0.29, 0.717) is 42.5 Å². The molecule has 1 aliphatic heterocycles. The van der Waals surface area contributed by atoms with E-state index in [4.69, 9.17) is 11.6 Å². The second kappa shape index (κ2) is 7.54. The number of nitrogens with one attached hydrogen (secondary N) is 1. The molecular weight excluding hydrogens is 384 g/mol. The van der Waals surface area contributed by atoms with Crippen molar-refractivity contribution in [3.63, 3.8) is 0 Å². The molecule has 0 radical (unpaired) electrons. The maximum absolute atomic E-state index is 12.7. The van der Waals surface area contributed by atoms with Crippen molar-refractivity contribution in [1.29, 1.82) is 0 Å². The van der Waals surface area contributed by atoms with E-state index in [1.807, 2.05) is 17.5 Å². The Hall–Kier alpha value is -2.64. The summed E-state index contributed by atoms with van der Waals surface area (Å²) >= 11 is 7.56. The van der Waals surface area contributed by atoms with Gasteiger partial charge in [0.2, 0.25) is 0 Å². The highest BCUT2D eigenvalue weighted by Gasteiger charge is 2.26. The highest BCUT2D eigenvalue weighted by atomic mass is 35.5. The topological polar surface area (TPSA) is 69.3 Å². The van der Waals surface area contributed by atoms with E-state index in [2.05, 4.69) is 10.2 Å². The molecule has 0 aliphatic carbocycles. The Morgan fingerprint density at radius 2 is 1.74 bits per heavy atom. The molecule has 1 fully saturated rings. The molecule has 6 nitrogen and oxygen atoms in total. The molecule has 0 saturated carbocycles. The standard InChI is InChI=1S/C19H17ClN4O2S/c20-14-4-1-3-13(11-14)18(25)23-6-8-24(9-7-23)19(26)16-12-15(21-22-16)17-5-2-10-27-17/h1-5,10-12H,6-9H2,(H,21,22). The minimum Gasteiger partial charge on any atom is -0.335 e. The van der Waals surface area contributed by atoms with Gasteiger partial charge in [-0.15, -0.1) is 11.3 Å². The molecule has 2 aromatic heterocycles. The Labute approximate surface area is 165 Å². The van der Waals surface area contributed by atoms with Crippen LogP contribution in [0.3, 0.4) is 0 Å². The van der Waals surface area contributed by atoms with E-state index in [0.717, 1.165) is 10.6 Å². The number of aromatic nitrogens is 2. The number of hydrogen-bond acceptors (Lipinski definition) is 4. The summed E-state index contributed by atoms with van der Waals surface area (Å²) < 4.78 is 0. The van der Waals surface area contributed by atoms with Crippen molar-refractivity contribution < 1.29 is 9.59 Å². The third-order valence-electron chi connectivity index (χ3n) is 4.51. The van der Waals surface area contributed by atoms with Crippen molar-refractivity contribution in [2.24, 2.45) is 0 Å². The summed E-state index contributed by atoms with van der Waals surface area (Å²) in [6.07, 6.45) is 0. The number of aromatic amines is 1. The molecule has 1 aromatic carbocycles. The highest BCUT2D eigenvalue weighted by molar-refractivity contribution is 7.13. The van der Waals surface area contributed by atoms with Gasteiger partial charge in [0.25, 0.3) is 11.8 Å². The van der Waals surface area contributed by atoms with Gasteiger partial charge in [-0.2, -0.15) is 5.10 Å². The molecule has 0 spiro atoms. The summed E-state index contributed by atoms with van der Waals surface area (Å²) in [5.41, 5.74) is 1.80. The summed E-state index contributed by atoms with van der Waals surface area (Å²) in [7, 11) is 0. The summed E-state index contributed by atoms with van der Waals surface area (Å²) in [6, 6.07) is 12.6. The normalized spacial score (nSPS) is 14.4. The van der Waals surface area contributed by atoms with Crippen LogP contribution in [0.5, 0.6) is 0 Å². The van der Waals surface area contributed by atoms with E-state index < -0.39 is 0 Å². The molecule has 1 aliphatic rings. The number of benzene rings is 1. The zero-order valence-electron chi connectivity index (χ0n) is 14.4. The Bertz CT molecular complexity index is 962. The number of piperazine rings is 1. The van der Waals surface area contributed by atoms with Crippen LogP contribution in [0.4, 0.5) is 0 Å². The number of hydrogen-bond donors (Lipinski definition) is 1. The molecule has 0 unspecified atom stereocenters. The van der Waals surface area contributed by atoms with Crippen LogP contribution < -0.4 is 0 Å². The number of rotatable bonds is 3. The number of nitrogens with zero attached hydrogens (tertiary/aromatic N) is 3. The smallest absolute Gasteiger partial charge is 0.274 e. The molecule has 3 heterocycles. The van der Waals surface area contributed by atoms with Gasteiger partial charge in [0, 0.05) is 36.8 Å². The second-order valence-electron chi connectivity index (χ2n) is 6.24. The number of halogens is 1. The van der Waals surface area contributed by atoms with Crippen molar-refractivity contribution in [3.05, 3.63) is 64.1 Å². The molecule has 138 valence electrons. The number of carbonyl (C=O) groups excluding carboxylic acids is 2. The Balaban J connectivity index is 1.39. The van der Waals surface area contributed by atoms with E-state index in [1.165, 1.54) is 0 Å².